The maximum Gasteiger partial charge on any atom is 0.320 e. The van der Waals surface area contributed by atoms with E-state index < -0.39 is 6.10 Å². The largest absolute Gasteiger partial charge is 0.466 e. The van der Waals surface area contributed by atoms with Crippen LogP contribution < -0.4 is 0 Å². The summed E-state index contributed by atoms with van der Waals surface area (Å²) in [7, 11) is 0. The standard InChI is InChI=1S/C20H33NO6/c1-3-25-18(23)12-21-14-9-13(20(24)26-4-2)10-15(21)19(16(22)11-14)17-7-5-6-8-27-17/h13-17,19,22H,3-12H2,1-2H3. The Morgan fingerprint density at radius 3 is 2.56 bits per heavy atom. The van der Waals surface area contributed by atoms with Crippen LogP contribution in [0.2, 0.25) is 0 Å². The summed E-state index contributed by atoms with van der Waals surface area (Å²) >= 11 is 0. The number of piperidine rings is 2. The van der Waals surface area contributed by atoms with Gasteiger partial charge in [-0.3, -0.25) is 14.5 Å². The first-order valence-electron chi connectivity index (χ1n) is 10.4. The topological polar surface area (TPSA) is 85.3 Å². The van der Waals surface area contributed by atoms with Crippen LogP contribution in [0.3, 0.4) is 0 Å². The molecular formula is C20H33NO6. The van der Waals surface area contributed by atoms with E-state index in [0.717, 1.165) is 19.3 Å². The van der Waals surface area contributed by atoms with Gasteiger partial charge in [0.15, 0.2) is 0 Å². The second-order valence-corrected chi connectivity index (χ2v) is 7.90. The maximum absolute atomic E-state index is 12.4. The highest BCUT2D eigenvalue weighted by Gasteiger charge is 2.52. The van der Waals surface area contributed by atoms with E-state index in [1.54, 1.807) is 6.92 Å². The average molecular weight is 383 g/mol. The molecule has 3 fully saturated rings. The SMILES string of the molecule is CCOC(=O)CN1C2CC(C(=O)OCC)CC1C(C1CCCCO1)C(O)C2. The molecular weight excluding hydrogens is 350 g/mol. The van der Waals surface area contributed by atoms with Gasteiger partial charge in [-0.2, -0.15) is 0 Å². The fourth-order valence-corrected chi connectivity index (χ4v) is 5.18. The van der Waals surface area contributed by atoms with Crippen LogP contribution in [0.25, 0.3) is 0 Å². The minimum atomic E-state index is -0.468. The molecule has 0 saturated carbocycles. The predicted molar refractivity (Wildman–Crippen MR) is 98.0 cm³/mol. The zero-order chi connectivity index (χ0) is 19.4. The first-order valence-corrected chi connectivity index (χ1v) is 10.4. The number of rotatable bonds is 6. The Balaban J connectivity index is 1.81. The van der Waals surface area contributed by atoms with E-state index in [0.29, 0.717) is 39.1 Å². The number of hydrogen-bond donors (Lipinski definition) is 1. The highest BCUT2D eigenvalue weighted by Crippen LogP contribution is 2.43. The Morgan fingerprint density at radius 2 is 1.89 bits per heavy atom. The molecule has 7 nitrogen and oxygen atoms in total. The third-order valence-electron chi connectivity index (χ3n) is 6.26. The zero-order valence-electron chi connectivity index (χ0n) is 16.5. The second kappa shape index (κ2) is 9.34. The van der Waals surface area contributed by atoms with Gasteiger partial charge < -0.3 is 19.3 Å². The van der Waals surface area contributed by atoms with Crippen LogP contribution in [0.15, 0.2) is 0 Å². The van der Waals surface area contributed by atoms with Crippen molar-refractivity contribution < 1.29 is 28.9 Å². The Bertz CT molecular complexity index is 521. The Kier molecular flexibility index (Phi) is 7.11. The zero-order valence-corrected chi connectivity index (χ0v) is 16.5. The summed E-state index contributed by atoms with van der Waals surface area (Å²) in [5, 5.41) is 10.9. The van der Waals surface area contributed by atoms with Crippen LogP contribution >= 0.6 is 0 Å². The van der Waals surface area contributed by atoms with Crippen molar-refractivity contribution in [2.24, 2.45) is 11.8 Å². The number of esters is 2. The number of fused-ring (bicyclic) bond motifs is 2. The number of nitrogens with zero attached hydrogens (tertiary/aromatic N) is 1. The summed E-state index contributed by atoms with van der Waals surface area (Å²) in [6.45, 7) is 5.25. The van der Waals surface area contributed by atoms with Crippen LogP contribution in [0.4, 0.5) is 0 Å². The molecule has 3 heterocycles. The molecule has 0 radical (unpaired) electrons. The van der Waals surface area contributed by atoms with Gasteiger partial charge in [0.1, 0.15) is 0 Å². The average Bonchev–Trinajstić information content (AvgIpc) is 2.64. The summed E-state index contributed by atoms with van der Waals surface area (Å²) in [6.07, 6.45) is 4.32. The fourth-order valence-electron chi connectivity index (χ4n) is 5.18. The van der Waals surface area contributed by atoms with Crippen LogP contribution in [0.1, 0.15) is 52.4 Å². The first kappa shape index (κ1) is 20.6. The Morgan fingerprint density at radius 1 is 1.11 bits per heavy atom. The molecule has 3 saturated heterocycles. The second-order valence-electron chi connectivity index (χ2n) is 7.90. The quantitative estimate of drug-likeness (QED) is 0.696. The fraction of sp³-hybridized carbons (Fsp3) is 0.900. The first-order chi connectivity index (χ1) is 13.0. The van der Waals surface area contributed by atoms with Crippen LogP contribution in [-0.4, -0.2) is 72.6 Å². The molecule has 0 amide bonds. The molecule has 3 aliphatic rings. The molecule has 154 valence electrons. The molecule has 6 unspecified atom stereocenters. The van der Waals surface area contributed by atoms with Crippen LogP contribution in [-0.2, 0) is 23.8 Å². The molecule has 0 aromatic carbocycles. The number of aliphatic hydroxyl groups is 1. The van der Waals surface area contributed by atoms with E-state index in [9.17, 15) is 14.7 Å². The van der Waals surface area contributed by atoms with Crippen molar-refractivity contribution in [1.29, 1.82) is 0 Å². The van der Waals surface area contributed by atoms with Gasteiger partial charge in [-0.1, -0.05) is 0 Å². The van der Waals surface area contributed by atoms with Crippen molar-refractivity contribution in [3.8, 4) is 0 Å². The van der Waals surface area contributed by atoms with Gasteiger partial charge in [0.2, 0.25) is 0 Å². The molecule has 3 aliphatic heterocycles. The Labute approximate surface area is 161 Å². The molecule has 0 aromatic heterocycles. The van der Waals surface area contributed by atoms with Crippen molar-refractivity contribution >= 4 is 11.9 Å². The van der Waals surface area contributed by atoms with E-state index in [1.807, 2.05) is 6.92 Å². The summed E-state index contributed by atoms with van der Waals surface area (Å²) in [4.78, 5) is 26.7. The third kappa shape index (κ3) is 4.63. The van der Waals surface area contributed by atoms with Crippen molar-refractivity contribution in [1.82, 2.24) is 4.90 Å². The lowest BCUT2D eigenvalue weighted by Gasteiger charge is -2.55. The van der Waals surface area contributed by atoms with E-state index >= 15 is 0 Å². The number of carbonyl (C=O) groups excluding carboxylic acids is 2. The molecule has 0 aromatic rings. The minimum absolute atomic E-state index is 0.0163. The number of carbonyl (C=O) groups is 2. The lowest BCUT2D eigenvalue weighted by Crippen LogP contribution is -2.64. The Hall–Kier alpha value is -1.18. The summed E-state index contributed by atoms with van der Waals surface area (Å²) in [5.41, 5.74) is 0. The highest BCUT2D eigenvalue weighted by molar-refractivity contribution is 5.73. The smallest absolute Gasteiger partial charge is 0.320 e. The molecule has 3 rings (SSSR count). The van der Waals surface area contributed by atoms with Gasteiger partial charge in [-0.15, -0.1) is 0 Å². The van der Waals surface area contributed by atoms with Gasteiger partial charge in [0, 0.05) is 24.6 Å². The number of aliphatic hydroxyl groups excluding tert-OH is 1. The van der Waals surface area contributed by atoms with Gasteiger partial charge >= 0.3 is 11.9 Å². The molecule has 2 bridgehead atoms. The molecule has 27 heavy (non-hydrogen) atoms. The summed E-state index contributed by atoms with van der Waals surface area (Å²) in [6, 6.07) is -0.0909. The van der Waals surface area contributed by atoms with E-state index in [-0.39, 0.29) is 48.5 Å². The summed E-state index contributed by atoms with van der Waals surface area (Å²) < 4.78 is 16.4. The molecule has 1 N–H and O–H groups in total. The van der Waals surface area contributed by atoms with E-state index in [4.69, 9.17) is 14.2 Å². The molecule has 0 aliphatic carbocycles. The predicted octanol–water partition coefficient (Wildman–Crippen LogP) is 1.51. The van der Waals surface area contributed by atoms with Gasteiger partial charge in [-0.25, -0.2) is 0 Å². The van der Waals surface area contributed by atoms with Gasteiger partial charge in [-0.05, 0) is 52.4 Å². The van der Waals surface area contributed by atoms with Crippen molar-refractivity contribution in [3.05, 3.63) is 0 Å². The third-order valence-corrected chi connectivity index (χ3v) is 6.26. The van der Waals surface area contributed by atoms with Crippen molar-refractivity contribution in [2.75, 3.05) is 26.4 Å². The van der Waals surface area contributed by atoms with Crippen LogP contribution in [0.5, 0.6) is 0 Å². The molecule has 6 atom stereocenters. The monoisotopic (exact) mass is 383 g/mol. The van der Waals surface area contributed by atoms with Crippen molar-refractivity contribution in [2.45, 2.75) is 76.7 Å². The lowest BCUT2D eigenvalue weighted by atomic mass is 9.69. The summed E-state index contributed by atoms with van der Waals surface area (Å²) in [5.74, 6) is -0.685. The van der Waals surface area contributed by atoms with Gasteiger partial charge in [0.05, 0.1) is 37.9 Å². The van der Waals surface area contributed by atoms with Crippen molar-refractivity contribution in [3.63, 3.8) is 0 Å². The number of ether oxygens (including phenoxy) is 3. The normalized spacial score (nSPS) is 36.9. The highest BCUT2D eigenvalue weighted by atomic mass is 16.5. The lowest BCUT2D eigenvalue weighted by molar-refractivity contribution is -0.172. The molecule has 7 heteroatoms. The maximum atomic E-state index is 12.4. The van der Waals surface area contributed by atoms with Gasteiger partial charge in [0.25, 0.3) is 0 Å². The minimum Gasteiger partial charge on any atom is -0.466 e. The number of hydrogen-bond acceptors (Lipinski definition) is 7. The van der Waals surface area contributed by atoms with Crippen LogP contribution in [0, 0.1) is 11.8 Å². The van der Waals surface area contributed by atoms with E-state index in [1.165, 1.54) is 0 Å². The molecule has 0 spiro atoms. The van der Waals surface area contributed by atoms with E-state index in [2.05, 4.69) is 4.90 Å².